The van der Waals surface area contributed by atoms with Gasteiger partial charge in [-0.2, -0.15) is 0 Å². The van der Waals surface area contributed by atoms with E-state index in [-0.39, 0.29) is 17.7 Å². The Kier molecular flexibility index (Phi) is 6.18. The predicted octanol–water partition coefficient (Wildman–Crippen LogP) is 3.46. The summed E-state index contributed by atoms with van der Waals surface area (Å²) in [5.41, 5.74) is 5.15. The number of benzene rings is 1. The Morgan fingerprint density at radius 3 is 2.50 bits per heavy atom. The standard InChI is InChI=1S/C23H30N4O3/c1-15-11-16(2)13-18(12-15)24-21(28)14-27-9-7-17(8-10-27)22(29)25-23-19-5-3-4-6-20(19)26-30-23/h11-13,17H,3-10,14H2,1-2H3,(H,24,28)(H,25,29). The van der Waals surface area contributed by atoms with Crippen LogP contribution in [0.2, 0.25) is 0 Å². The van der Waals surface area contributed by atoms with Crippen LogP contribution in [0.15, 0.2) is 22.7 Å². The largest absolute Gasteiger partial charge is 0.338 e. The van der Waals surface area contributed by atoms with Gasteiger partial charge in [0.1, 0.15) is 0 Å². The minimum atomic E-state index is -0.0620. The van der Waals surface area contributed by atoms with E-state index < -0.39 is 0 Å². The Balaban J connectivity index is 1.25. The van der Waals surface area contributed by atoms with Crippen molar-refractivity contribution < 1.29 is 14.1 Å². The Labute approximate surface area is 177 Å². The Morgan fingerprint density at radius 1 is 1.07 bits per heavy atom. The maximum Gasteiger partial charge on any atom is 0.238 e. The fourth-order valence-corrected chi connectivity index (χ4v) is 4.51. The molecule has 2 aliphatic rings. The molecule has 4 rings (SSSR count). The van der Waals surface area contributed by atoms with Gasteiger partial charge in [-0.15, -0.1) is 0 Å². The molecule has 0 unspecified atom stereocenters. The zero-order valence-electron chi connectivity index (χ0n) is 17.8. The topological polar surface area (TPSA) is 87.5 Å². The van der Waals surface area contributed by atoms with E-state index in [4.69, 9.17) is 4.52 Å². The number of piperidine rings is 1. The predicted molar refractivity (Wildman–Crippen MR) is 115 cm³/mol. The molecule has 2 N–H and O–H groups in total. The number of fused-ring (bicyclic) bond motifs is 1. The van der Waals surface area contributed by atoms with Gasteiger partial charge in [-0.25, -0.2) is 0 Å². The molecule has 0 radical (unpaired) electrons. The number of carbonyl (C=O) groups excluding carboxylic acids is 2. The number of hydrogen-bond acceptors (Lipinski definition) is 5. The Bertz CT molecular complexity index is 908. The van der Waals surface area contributed by atoms with Crippen molar-refractivity contribution in [2.45, 2.75) is 52.4 Å². The van der Waals surface area contributed by atoms with Crippen molar-refractivity contribution in [3.8, 4) is 0 Å². The van der Waals surface area contributed by atoms with Crippen LogP contribution in [-0.2, 0) is 22.4 Å². The third kappa shape index (κ3) is 4.90. The molecule has 1 aromatic heterocycles. The smallest absolute Gasteiger partial charge is 0.238 e. The molecule has 1 saturated heterocycles. The van der Waals surface area contributed by atoms with Gasteiger partial charge >= 0.3 is 0 Å². The first kappa shape index (κ1) is 20.6. The number of likely N-dealkylation sites (tertiary alicyclic amines) is 1. The van der Waals surface area contributed by atoms with Gasteiger partial charge in [0, 0.05) is 17.2 Å². The third-order valence-electron chi connectivity index (χ3n) is 6.03. The number of rotatable bonds is 5. The highest BCUT2D eigenvalue weighted by Crippen LogP contribution is 2.28. The van der Waals surface area contributed by atoms with E-state index in [0.29, 0.717) is 12.4 Å². The van der Waals surface area contributed by atoms with Crippen molar-refractivity contribution >= 4 is 23.4 Å². The van der Waals surface area contributed by atoms with Crippen molar-refractivity contribution in [1.29, 1.82) is 0 Å². The number of aromatic nitrogens is 1. The molecule has 0 spiro atoms. The summed E-state index contributed by atoms with van der Waals surface area (Å²) in [7, 11) is 0. The number of aryl methyl sites for hydroxylation is 3. The molecule has 1 fully saturated rings. The minimum absolute atomic E-state index is 0.00105. The lowest BCUT2D eigenvalue weighted by atomic mass is 9.95. The van der Waals surface area contributed by atoms with Crippen LogP contribution in [0.5, 0.6) is 0 Å². The summed E-state index contributed by atoms with van der Waals surface area (Å²) in [4.78, 5) is 27.2. The second-order valence-corrected chi connectivity index (χ2v) is 8.61. The highest BCUT2D eigenvalue weighted by Gasteiger charge is 2.28. The molecule has 0 saturated carbocycles. The molecule has 2 amide bonds. The van der Waals surface area contributed by atoms with E-state index in [2.05, 4.69) is 26.8 Å². The van der Waals surface area contributed by atoms with Gasteiger partial charge in [0.25, 0.3) is 0 Å². The second-order valence-electron chi connectivity index (χ2n) is 8.61. The van der Waals surface area contributed by atoms with Gasteiger partial charge in [0.05, 0.1) is 12.2 Å². The van der Waals surface area contributed by atoms with E-state index in [0.717, 1.165) is 79.7 Å². The Hall–Kier alpha value is -2.67. The van der Waals surface area contributed by atoms with Gasteiger partial charge in [0.2, 0.25) is 17.7 Å². The number of nitrogens with one attached hydrogen (secondary N) is 2. The van der Waals surface area contributed by atoms with Gasteiger partial charge in [0.15, 0.2) is 0 Å². The van der Waals surface area contributed by atoms with E-state index in [1.54, 1.807) is 0 Å². The summed E-state index contributed by atoms with van der Waals surface area (Å²) in [5, 5.41) is 10.0. The summed E-state index contributed by atoms with van der Waals surface area (Å²) in [5.74, 6) is 0.452. The van der Waals surface area contributed by atoms with Crippen LogP contribution in [0.25, 0.3) is 0 Å². The van der Waals surface area contributed by atoms with Crippen LogP contribution in [0.4, 0.5) is 11.6 Å². The van der Waals surface area contributed by atoms with Crippen molar-refractivity contribution in [2.75, 3.05) is 30.3 Å². The van der Waals surface area contributed by atoms with E-state index in [9.17, 15) is 9.59 Å². The Morgan fingerprint density at radius 2 is 1.77 bits per heavy atom. The summed E-state index contributed by atoms with van der Waals surface area (Å²) >= 11 is 0. The van der Waals surface area contributed by atoms with Gasteiger partial charge in [-0.3, -0.25) is 19.8 Å². The van der Waals surface area contributed by atoms with Crippen LogP contribution in [-0.4, -0.2) is 41.5 Å². The number of carbonyl (C=O) groups is 2. The fraction of sp³-hybridized carbons (Fsp3) is 0.522. The maximum absolute atomic E-state index is 12.7. The zero-order chi connectivity index (χ0) is 21.1. The molecule has 30 heavy (non-hydrogen) atoms. The zero-order valence-corrected chi connectivity index (χ0v) is 17.8. The van der Waals surface area contributed by atoms with E-state index in [1.165, 1.54) is 0 Å². The van der Waals surface area contributed by atoms with Crippen molar-refractivity contribution in [1.82, 2.24) is 10.1 Å². The number of hydrogen-bond donors (Lipinski definition) is 2. The number of nitrogens with zero attached hydrogens (tertiary/aromatic N) is 2. The molecular weight excluding hydrogens is 380 g/mol. The first-order valence-electron chi connectivity index (χ1n) is 10.9. The van der Waals surface area contributed by atoms with Crippen LogP contribution < -0.4 is 10.6 Å². The normalized spacial score (nSPS) is 17.4. The first-order valence-corrected chi connectivity index (χ1v) is 10.9. The summed E-state index contributed by atoms with van der Waals surface area (Å²) < 4.78 is 5.38. The quantitative estimate of drug-likeness (QED) is 0.788. The summed E-state index contributed by atoms with van der Waals surface area (Å²) in [6.07, 6.45) is 5.56. The lowest BCUT2D eigenvalue weighted by molar-refractivity contribution is -0.121. The molecule has 1 aliphatic carbocycles. The van der Waals surface area contributed by atoms with E-state index in [1.807, 2.05) is 26.0 Å². The molecular formula is C23H30N4O3. The molecule has 0 bridgehead atoms. The average molecular weight is 411 g/mol. The van der Waals surface area contributed by atoms with Crippen LogP contribution in [0.3, 0.4) is 0 Å². The van der Waals surface area contributed by atoms with Crippen molar-refractivity contribution in [3.05, 3.63) is 40.6 Å². The molecule has 2 heterocycles. The summed E-state index contributed by atoms with van der Waals surface area (Å²) in [6.45, 7) is 5.84. The monoisotopic (exact) mass is 410 g/mol. The van der Waals surface area contributed by atoms with Crippen LogP contribution >= 0.6 is 0 Å². The van der Waals surface area contributed by atoms with Crippen LogP contribution in [0, 0.1) is 19.8 Å². The fourth-order valence-electron chi connectivity index (χ4n) is 4.51. The second kappa shape index (κ2) is 9.00. The van der Waals surface area contributed by atoms with Gasteiger partial charge in [-0.1, -0.05) is 11.2 Å². The highest BCUT2D eigenvalue weighted by molar-refractivity contribution is 5.93. The lowest BCUT2D eigenvalue weighted by Crippen LogP contribution is -2.41. The molecule has 2 aromatic rings. The first-order chi connectivity index (χ1) is 14.5. The maximum atomic E-state index is 12.7. The number of anilines is 2. The molecule has 0 atom stereocenters. The molecule has 1 aromatic carbocycles. The minimum Gasteiger partial charge on any atom is -0.338 e. The average Bonchev–Trinajstić information content (AvgIpc) is 3.10. The van der Waals surface area contributed by atoms with Crippen LogP contribution in [0.1, 0.15) is 48.1 Å². The molecule has 160 valence electrons. The molecule has 7 heteroatoms. The highest BCUT2D eigenvalue weighted by atomic mass is 16.5. The SMILES string of the molecule is Cc1cc(C)cc(NC(=O)CN2CCC(C(=O)Nc3onc4c3CCCC4)CC2)c1. The lowest BCUT2D eigenvalue weighted by Gasteiger charge is -2.30. The van der Waals surface area contributed by atoms with E-state index >= 15 is 0 Å². The van der Waals surface area contributed by atoms with Gasteiger partial charge in [-0.05, 0) is 88.7 Å². The van der Waals surface area contributed by atoms with Gasteiger partial charge < -0.3 is 9.84 Å². The molecule has 7 nitrogen and oxygen atoms in total. The van der Waals surface area contributed by atoms with Crippen molar-refractivity contribution in [2.24, 2.45) is 5.92 Å². The molecule has 1 aliphatic heterocycles. The number of amides is 2. The summed E-state index contributed by atoms with van der Waals surface area (Å²) in [6, 6.07) is 6.04. The third-order valence-corrected chi connectivity index (χ3v) is 6.03. The van der Waals surface area contributed by atoms with Crippen molar-refractivity contribution in [3.63, 3.8) is 0 Å².